The summed E-state index contributed by atoms with van der Waals surface area (Å²) in [6, 6.07) is 5.83. The molecule has 122 valence electrons. The number of benzene rings is 1. The summed E-state index contributed by atoms with van der Waals surface area (Å²) in [6.07, 6.45) is 1.91. The van der Waals surface area contributed by atoms with Crippen LogP contribution in [0.15, 0.2) is 24.3 Å². The van der Waals surface area contributed by atoms with Crippen molar-refractivity contribution in [3.05, 3.63) is 30.1 Å². The molecule has 1 aliphatic heterocycles. The standard InChI is InChI=1S/C17H25FN2O2/c1-13(12-20-8-3-4-9-20)11-19-17(21)14(2)22-16-7-5-6-15(18)10-16/h5-7,10,13-14H,3-4,8-9,11-12H2,1-2H3,(H,19,21). The molecule has 1 saturated heterocycles. The molecule has 0 aliphatic carbocycles. The van der Waals surface area contributed by atoms with Gasteiger partial charge >= 0.3 is 0 Å². The Morgan fingerprint density at radius 1 is 1.36 bits per heavy atom. The number of rotatable bonds is 7. The summed E-state index contributed by atoms with van der Waals surface area (Å²) in [5, 5.41) is 2.91. The van der Waals surface area contributed by atoms with Gasteiger partial charge in [-0.15, -0.1) is 0 Å². The first-order chi connectivity index (χ1) is 10.5. The Hall–Kier alpha value is -1.62. The second-order valence-corrected chi connectivity index (χ2v) is 6.08. The summed E-state index contributed by atoms with van der Waals surface area (Å²) in [7, 11) is 0. The van der Waals surface area contributed by atoms with Crippen molar-refractivity contribution in [1.29, 1.82) is 0 Å². The number of nitrogens with one attached hydrogen (secondary N) is 1. The lowest BCUT2D eigenvalue weighted by Crippen LogP contribution is -2.40. The van der Waals surface area contributed by atoms with Gasteiger partial charge in [0, 0.05) is 19.2 Å². The van der Waals surface area contributed by atoms with Gasteiger partial charge in [-0.2, -0.15) is 0 Å². The van der Waals surface area contributed by atoms with Crippen LogP contribution in [0.5, 0.6) is 5.75 Å². The van der Waals surface area contributed by atoms with Crippen molar-refractivity contribution < 1.29 is 13.9 Å². The Morgan fingerprint density at radius 3 is 2.77 bits per heavy atom. The number of likely N-dealkylation sites (tertiary alicyclic amines) is 1. The molecule has 1 aromatic carbocycles. The lowest BCUT2D eigenvalue weighted by Gasteiger charge is -2.21. The topological polar surface area (TPSA) is 41.6 Å². The number of nitrogens with zero attached hydrogens (tertiary/aromatic N) is 1. The Balaban J connectivity index is 1.71. The van der Waals surface area contributed by atoms with Crippen molar-refractivity contribution in [2.24, 2.45) is 5.92 Å². The smallest absolute Gasteiger partial charge is 0.260 e. The summed E-state index contributed by atoms with van der Waals surface area (Å²) in [6.45, 7) is 7.78. The number of hydrogen-bond donors (Lipinski definition) is 1. The maximum atomic E-state index is 13.1. The minimum atomic E-state index is -0.638. The highest BCUT2D eigenvalue weighted by molar-refractivity contribution is 5.80. The van der Waals surface area contributed by atoms with E-state index in [0.717, 1.165) is 19.6 Å². The van der Waals surface area contributed by atoms with Crippen LogP contribution in [-0.4, -0.2) is 43.1 Å². The normalized spacial score (nSPS) is 18.0. The van der Waals surface area contributed by atoms with Crippen molar-refractivity contribution >= 4 is 5.91 Å². The van der Waals surface area contributed by atoms with Crippen molar-refractivity contribution in [2.75, 3.05) is 26.2 Å². The van der Waals surface area contributed by atoms with E-state index in [0.29, 0.717) is 18.2 Å². The first-order valence-electron chi connectivity index (χ1n) is 7.97. The van der Waals surface area contributed by atoms with E-state index >= 15 is 0 Å². The van der Waals surface area contributed by atoms with Gasteiger partial charge in [-0.3, -0.25) is 4.79 Å². The lowest BCUT2D eigenvalue weighted by atomic mass is 10.1. The highest BCUT2D eigenvalue weighted by Gasteiger charge is 2.18. The molecular formula is C17H25FN2O2. The highest BCUT2D eigenvalue weighted by atomic mass is 19.1. The number of amides is 1. The van der Waals surface area contributed by atoms with E-state index in [2.05, 4.69) is 17.1 Å². The minimum absolute atomic E-state index is 0.169. The molecule has 1 aliphatic rings. The first-order valence-corrected chi connectivity index (χ1v) is 7.97. The third kappa shape index (κ3) is 5.30. The van der Waals surface area contributed by atoms with Crippen LogP contribution < -0.4 is 10.1 Å². The van der Waals surface area contributed by atoms with Gasteiger partial charge in [-0.25, -0.2) is 4.39 Å². The molecule has 2 atom stereocenters. The fraction of sp³-hybridized carbons (Fsp3) is 0.588. The van der Waals surface area contributed by atoms with E-state index in [1.165, 1.54) is 25.0 Å². The summed E-state index contributed by atoms with van der Waals surface area (Å²) < 4.78 is 18.5. The fourth-order valence-corrected chi connectivity index (χ4v) is 2.69. The largest absolute Gasteiger partial charge is 0.481 e. The summed E-state index contributed by atoms with van der Waals surface area (Å²) in [5.74, 6) is 0.234. The van der Waals surface area contributed by atoms with Gasteiger partial charge < -0.3 is 15.0 Å². The van der Waals surface area contributed by atoms with Crippen molar-refractivity contribution in [2.45, 2.75) is 32.8 Å². The SMILES string of the molecule is CC(CNC(=O)C(C)Oc1cccc(F)c1)CN1CCCC1. The van der Waals surface area contributed by atoms with Crippen LogP contribution in [0.3, 0.4) is 0 Å². The molecule has 1 fully saturated rings. The van der Waals surface area contributed by atoms with Crippen LogP contribution in [0, 0.1) is 11.7 Å². The van der Waals surface area contributed by atoms with Crippen LogP contribution in [0.2, 0.25) is 0 Å². The molecule has 0 bridgehead atoms. The van der Waals surface area contributed by atoms with Gasteiger partial charge in [-0.05, 0) is 50.9 Å². The van der Waals surface area contributed by atoms with Crippen LogP contribution >= 0.6 is 0 Å². The van der Waals surface area contributed by atoms with E-state index in [1.54, 1.807) is 19.1 Å². The maximum absolute atomic E-state index is 13.1. The fourth-order valence-electron chi connectivity index (χ4n) is 2.69. The molecule has 5 heteroatoms. The van der Waals surface area contributed by atoms with Gasteiger partial charge in [0.05, 0.1) is 0 Å². The molecular weight excluding hydrogens is 283 g/mol. The third-order valence-corrected chi connectivity index (χ3v) is 3.87. The number of ether oxygens (including phenoxy) is 1. The zero-order valence-electron chi connectivity index (χ0n) is 13.3. The molecule has 0 saturated carbocycles. The van der Waals surface area contributed by atoms with Gasteiger partial charge in [0.2, 0.25) is 0 Å². The number of halogens is 1. The van der Waals surface area contributed by atoms with Crippen LogP contribution in [0.25, 0.3) is 0 Å². The molecule has 0 radical (unpaired) electrons. The second-order valence-electron chi connectivity index (χ2n) is 6.08. The van der Waals surface area contributed by atoms with E-state index in [4.69, 9.17) is 4.74 Å². The van der Waals surface area contributed by atoms with E-state index < -0.39 is 6.10 Å². The molecule has 22 heavy (non-hydrogen) atoms. The Morgan fingerprint density at radius 2 is 2.09 bits per heavy atom. The number of hydrogen-bond acceptors (Lipinski definition) is 3. The Kier molecular flexibility index (Phi) is 6.19. The molecule has 0 spiro atoms. The predicted molar refractivity (Wildman–Crippen MR) is 84.3 cm³/mol. The van der Waals surface area contributed by atoms with Crippen molar-refractivity contribution in [3.63, 3.8) is 0 Å². The average molecular weight is 308 g/mol. The average Bonchev–Trinajstić information content (AvgIpc) is 2.97. The summed E-state index contributed by atoms with van der Waals surface area (Å²) >= 11 is 0. The van der Waals surface area contributed by atoms with Crippen molar-refractivity contribution in [1.82, 2.24) is 10.2 Å². The van der Waals surface area contributed by atoms with Gasteiger partial charge in [0.1, 0.15) is 11.6 Å². The summed E-state index contributed by atoms with van der Waals surface area (Å²) in [5.41, 5.74) is 0. The molecule has 1 heterocycles. The molecule has 1 amide bonds. The maximum Gasteiger partial charge on any atom is 0.260 e. The predicted octanol–water partition coefficient (Wildman–Crippen LogP) is 2.44. The molecule has 2 unspecified atom stereocenters. The zero-order valence-corrected chi connectivity index (χ0v) is 13.3. The molecule has 0 aromatic heterocycles. The minimum Gasteiger partial charge on any atom is -0.481 e. The third-order valence-electron chi connectivity index (χ3n) is 3.87. The second kappa shape index (κ2) is 8.13. The van der Waals surface area contributed by atoms with E-state index in [9.17, 15) is 9.18 Å². The molecule has 4 nitrogen and oxygen atoms in total. The monoisotopic (exact) mass is 308 g/mol. The lowest BCUT2D eigenvalue weighted by molar-refractivity contribution is -0.127. The van der Waals surface area contributed by atoms with Crippen LogP contribution in [-0.2, 0) is 4.79 Å². The Bertz CT molecular complexity index is 489. The van der Waals surface area contributed by atoms with E-state index in [-0.39, 0.29) is 11.7 Å². The van der Waals surface area contributed by atoms with Crippen molar-refractivity contribution in [3.8, 4) is 5.75 Å². The van der Waals surface area contributed by atoms with Gasteiger partial charge in [0.25, 0.3) is 5.91 Å². The first kappa shape index (κ1) is 16.7. The van der Waals surface area contributed by atoms with Crippen LogP contribution in [0.1, 0.15) is 26.7 Å². The van der Waals surface area contributed by atoms with Gasteiger partial charge in [0.15, 0.2) is 6.10 Å². The zero-order chi connectivity index (χ0) is 15.9. The molecule has 1 N–H and O–H groups in total. The summed E-state index contributed by atoms with van der Waals surface area (Å²) in [4.78, 5) is 14.5. The molecule has 1 aromatic rings. The number of carbonyl (C=O) groups excluding carboxylic acids is 1. The van der Waals surface area contributed by atoms with Gasteiger partial charge in [-0.1, -0.05) is 13.0 Å². The van der Waals surface area contributed by atoms with Crippen LogP contribution in [0.4, 0.5) is 4.39 Å². The quantitative estimate of drug-likeness (QED) is 0.841. The van der Waals surface area contributed by atoms with E-state index in [1.807, 2.05) is 0 Å². The number of carbonyl (C=O) groups is 1. The molecule has 2 rings (SSSR count). The highest BCUT2D eigenvalue weighted by Crippen LogP contribution is 2.14. The Labute approximate surface area is 131 Å².